The fourth-order valence-corrected chi connectivity index (χ4v) is 3.42. The van der Waals surface area contributed by atoms with Gasteiger partial charge in [-0.3, -0.25) is 4.79 Å². The zero-order valence-electron chi connectivity index (χ0n) is 16.3. The van der Waals surface area contributed by atoms with Gasteiger partial charge in [0, 0.05) is 56.9 Å². The van der Waals surface area contributed by atoms with Crippen molar-refractivity contribution >= 4 is 23.4 Å². The molecule has 0 atom stereocenters. The molecule has 0 N–H and O–H groups in total. The van der Waals surface area contributed by atoms with Crippen molar-refractivity contribution in [3.63, 3.8) is 0 Å². The van der Waals surface area contributed by atoms with Gasteiger partial charge < -0.3 is 14.7 Å². The fraction of sp³-hybridized carbons (Fsp3) is 0.286. The van der Waals surface area contributed by atoms with Gasteiger partial charge in [0.25, 0.3) is 5.91 Å². The molecule has 1 aromatic carbocycles. The van der Waals surface area contributed by atoms with Gasteiger partial charge in [-0.25, -0.2) is 19.9 Å². The van der Waals surface area contributed by atoms with Crippen LogP contribution in [0.5, 0.6) is 0 Å². The van der Waals surface area contributed by atoms with Crippen LogP contribution in [-0.2, 0) is 0 Å². The molecule has 1 fully saturated rings. The summed E-state index contributed by atoms with van der Waals surface area (Å²) in [5.41, 5.74) is 1.26. The van der Waals surface area contributed by atoms with Gasteiger partial charge in [-0.1, -0.05) is 18.2 Å². The molecule has 0 spiro atoms. The van der Waals surface area contributed by atoms with Crippen LogP contribution in [0.15, 0.2) is 61.2 Å². The second kappa shape index (κ2) is 8.64. The van der Waals surface area contributed by atoms with Crippen LogP contribution in [0.4, 0.5) is 17.5 Å². The highest BCUT2D eigenvalue weighted by molar-refractivity contribution is 6.05. The fourth-order valence-electron chi connectivity index (χ4n) is 3.42. The normalized spacial score (nSPS) is 14.0. The average Bonchev–Trinajstić information content (AvgIpc) is 2.81. The van der Waals surface area contributed by atoms with Crippen molar-refractivity contribution < 1.29 is 4.79 Å². The summed E-state index contributed by atoms with van der Waals surface area (Å²) in [6, 6.07) is 13.2. The van der Waals surface area contributed by atoms with E-state index >= 15 is 0 Å². The number of nitrogens with zero attached hydrogens (tertiary/aromatic N) is 7. The zero-order valence-corrected chi connectivity index (χ0v) is 16.3. The Balaban J connectivity index is 1.47. The van der Waals surface area contributed by atoms with Gasteiger partial charge in [0.1, 0.15) is 17.8 Å². The number of para-hydroxylation sites is 1. The van der Waals surface area contributed by atoms with Crippen molar-refractivity contribution in [2.24, 2.45) is 0 Å². The maximum atomic E-state index is 13.0. The van der Waals surface area contributed by atoms with E-state index in [0.717, 1.165) is 43.6 Å². The third-order valence-electron chi connectivity index (χ3n) is 4.94. The first-order chi connectivity index (χ1) is 14.3. The molecular weight excluding hydrogens is 366 g/mol. The number of amides is 1. The summed E-state index contributed by atoms with van der Waals surface area (Å²) >= 11 is 0. The van der Waals surface area contributed by atoms with Gasteiger partial charge in [0.05, 0.1) is 0 Å². The molecule has 8 nitrogen and oxygen atoms in total. The van der Waals surface area contributed by atoms with Crippen LogP contribution in [-0.4, -0.2) is 58.6 Å². The Labute approximate surface area is 169 Å². The molecule has 2 aromatic heterocycles. The lowest BCUT2D eigenvalue weighted by molar-refractivity contribution is 0.0983. The minimum absolute atomic E-state index is 0.126. The monoisotopic (exact) mass is 389 g/mol. The standard InChI is InChI=1S/C21H23N7O/c1-2-28(17-7-4-3-5-8-17)20(29)18-15-19(25-16-24-18)26-11-13-27(14-12-26)21-22-9-6-10-23-21/h3-10,15-16H,2,11-14H2,1H3. The zero-order chi connectivity index (χ0) is 20.1. The highest BCUT2D eigenvalue weighted by Gasteiger charge is 2.22. The average molecular weight is 389 g/mol. The van der Waals surface area contributed by atoms with E-state index in [9.17, 15) is 4.79 Å². The quantitative estimate of drug-likeness (QED) is 0.662. The largest absolute Gasteiger partial charge is 0.353 e. The van der Waals surface area contributed by atoms with Gasteiger partial charge in [0.2, 0.25) is 5.95 Å². The predicted molar refractivity (Wildman–Crippen MR) is 112 cm³/mol. The summed E-state index contributed by atoms with van der Waals surface area (Å²) < 4.78 is 0. The van der Waals surface area contributed by atoms with Crippen molar-refractivity contribution in [2.75, 3.05) is 47.4 Å². The molecule has 1 saturated heterocycles. The molecule has 0 aliphatic carbocycles. The lowest BCUT2D eigenvalue weighted by Gasteiger charge is -2.35. The smallest absolute Gasteiger partial charge is 0.277 e. The number of benzene rings is 1. The van der Waals surface area contributed by atoms with E-state index in [1.54, 1.807) is 23.4 Å². The molecule has 8 heteroatoms. The Morgan fingerprint density at radius 3 is 2.31 bits per heavy atom. The highest BCUT2D eigenvalue weighted by atomic mass is 16.2. The molecule has 29 heavy (non-hydrogen) atoms. The number of aromatic nitrogens is 4. The van der Waals surface area contributed by atoms with E-state index in [1.807, 2.05) is 43.3 Å². The Hall–Kier alpha value is -3.55. The van der Waals surface area contributed by atoms with Crippen molar-refractivity contribution in [2.45, 2.75) is 6.92 Å². The molecule has 0 bridgehead atoms. The van der Waals surface area contributed by atoms with Gasteiger partial charge in [-0.2, -0.15) is 0 Å². The molecule has 1 aliphatic rings. The van der Waals surface area contributed by atoms with Gasteiger partial charge in [-0.15, -0.1) is 0 Å². The van der Waals surface area contributed by atoms with E-state index < -0.39 is 0 Å². The van der Waals surface area contributed by atoms with Gasteiger partial charge in [-0.05, 0) is 25.1 Å². The van der Waals surface area contributed by atoms with E-state index in [2.05, 4.69) is 29.7 Å². The lowest BCUT2D eigenvalue weighted by atomic mass is 10.2. The van der Waals surface area contributed by atoms with Crippen LogP contribution in [0.25, 0.3) is 0 Å². The number of piperazine rings is 1. The third-order valence-corrected chi connectivity index (χ3v) is 4.94. The van der Waals surface area contributed by atoms with Gasteiger partial charge in [0.15, 0.2) is 0 Å². The van der Waals surface area contributed by atoms with Crippen LogP contribution < -0.4 is 14.7 Å². The van der Waals surface area contributed by atoms with Crippen molar-refractivity contribution in [3.05, 3.63) is 66.9 Å². The number of hydrogen-bond acceptors (Lipinski definition) is 7. The number of carbonyl (C=O) groups is 1. The van der Waals surface area contributed by atoms with Crippen molar-refractivity contribution in [3.8, 4) is 0 Å². The molecule has 3 aromatic rings. The van der Waals surface area contributed by atoms with Crippen LogP contribution in [0.2, 0.25) is 0 Å². The maximum absolute atomic E-state index is 13.0. The second-order valence-corrected chi connectivity index (χ2v) is 6.67. The van der Waals surface area contributed by atoms with Crippen molar-refractivity contribution in [1.82, 2.24) is 19.9 Å². The van der Waals surface area contributed by atoms with Crippen LogP contribution >= 0.6 is 0 Å². The molecular formula is C21H23N7O. The van der Waals surface area contributed by atoms with E-state index in [-0.39, 0.29) is 5.91 Å². The Morgan fingerprint density at radius 2 is 1.62 bits per heavy atom. The topological polar surface area (TPSA) is 78.4 Å². The first kappa shape index (κ1) is 18.8. The minimum atomic E-state index is -0.126. The molecule has 3 heterocycles. The number of hydrogen-bond donors (Lipinski definition) is 0. The predicted octanol–water partition coefficient (Wildman–Crippen LogP) is 2.26. The van der Waals surface area contributed by atoms with Crippen LogP contribution in [0.1, 0.15) is 17.4 Å². The SMILES string of the molecule is CCN(C(=O)c1cc(N2CCN(c3ncccn3)CC2)ncn1)c1ccccc1. The second-order valence-electron chi connectivity index (χ2n) is 6.67. The van der Waals surface area contributed by atoms with Gasteiger partial charge >= 0.3 is 0 Å². The number of anilines is 3. The summed E-state index contributed by atoms with van der Waals surface area (Å²) in [5.74, 6) is 1.38. The number of carbonyl (C=O) groups excluding carboxylic acids is 1. The summed E-state index contributed by atoms with van der Waals surface area (Å²) in [7, 11) is 0. The Kier molecular flexibility index (Phi) is 5.60. The van der Waals surface area contributed by atoms with Crippen LogP contribution in [0.3, 0.4) is 0 Å². The van der Waals surface area contributed by atoms with E-state index in [0.29, 0.717) is 12.2 Å². The van der Waals surface area contributed by atoms with Crippen LogP contribution in [0, 0.1) is 0 Å². The lowest BCUT2D eigenvalue weighted by Crippen LogP contribution is -2.47. The Morgan fingerprint density at radius 1 is 0.931 bits per heavy atom. The highest BCUT2D eigenvalue weighted by Crippen LogP contribution is 2.19. The molecule has 0 saturated carbocycles. The Bertz CT molecular complexity index is 944. The minimum Gasteiger partial charge on any atom is -0.353 e. The summed E-state index contributed by atoms with van der Waals surface area (Å²) in [4.78, 5) is 36.3. The summed E-state index contributed by atoms with van der Waals surface area (Å²) in [6.07, 6.45) is 4.97. The number of rotatable bonds is 5. The molecule has 0 unspecified atom stereocenters. The molecule has 4 rings (SSSR count). The van der Waals surface area contributed by atoms with E-state index in [1.165, 1.54) is 6.33 Å². The maximum Gasteiger partial charge on any atom is 0.277 e. The first-order valence-electron chi connectivity index (χ1n) is 9.72. The molecule has 148 valence electrons. The molecule has 0 radical (unpaired) electrons. The first-order valence-corrected chi connectivity index (χ1v) is 9.72. The summed E-state index contributed by atoms with van der Waals surface area (Å²) in [5, 5.41) is 0. The van der Waals surface area contributed by atoms with Crippen molar-refractivity contribution in [1.29, 1.82) is 0 Å². The molecule has 1 amide bonds. The summed E-state index contributed by atoms with van der Waals surface area (Å²) in [6.45, 7) is 5.67. The molecule has 1 aliphatic heterocycles. The van der Waals surface area contributed by atoms with E-state index in [4.69, 9.17) is 0 Å². The third kappa shape index (κ3) is 4.16.